The second kappa shape index (κ2) is 8.00. The topological polar surface area (TPSA) is 70.1 Å². The first kappa shape index (κ1) is 18.8. The van der Waals surface area contributed by atoms with Crippen LogP contribution in [0.1, 0.15) is 5.56 Å². The molecule has 0 amide bonds. The molecule has 1 heterocycles. The molecule has 1 aromatic heterocycles. The zero-order chi connectivity index (χ0) is 17.1. The van der Waals surface area contributed by atoms with Gasteiger partial charge in [0, 0.05) is 23.6 Å². The van der Waals surface area contributed by atoms with Gasteiger partial charge in [0.2, 0.25) is 5.95 Å². The fourth-order valence-corrected chi connectivity index (χ4v) is 2.21. The van der Waals surface area contributed by atoms with Crippen molar-refractivity contribution in [3.05, 3.63) is 65.1 Å². The van der Waals surface area contributed by atoms with Crippen LogP contribution in [0.2, 0.25) is 5.02 Å². The van der Waals surface area contributed by atoms with E-state index in [1.807, 2.05) is 13.0 Å². The average Bonchev–Trinajstić information content (AvgIpc) is 2.55. The van der Waals surface area contributed by atoms with Crippen LogP contribution in [-0.2, 0) is 0 Å². The summed E-state index contributed by atoms with van der Waals surface area (Å²) < 4.78 is 13.2. The van der Waals surface area contributed by atoms with Crippen LogP contribution in [0.3, 0.4) is 0 Å². The number of aryl methyl sites for hydroxylation is 1. The van der Waals surface area contributed by atoms with Crippen molar-refractivity contribution < 1.29 is 9.50 Å². The number of aromatic hydroxyl groups is 1. The van der Waals surface area contributed by atoms with Gasteiger partial charge in [-0.1, -0.05) is 17.7 Å². The van der Waals surface area contributed by atoms with E-state index >= 15 is 0 Å². The maximum atomic E-state index is 13.2. The summed E-state index contributed by atoms with van der Waals surface area (Å²) in [6, 6.07) is 11.2. The number of benzene rings is 2. The van der Waals surface area contributed by atoms with Gasteiger partial charge in [0.1, 0.15) is 17.4 Å². The summed E-state index contributed by atoms with van der Waals surface area (Å²) in [5.74, 6) is 0.592. The SMILES string of the molecule is Cc1ccc(Nc2ccnc(Nc3ccc(F)c(Cl)c3)n2)cc1O.Cl. The van der Waals surface area contributed by atoms with Crippen LogP contribution < -0.4 is 10.6 Å². The van der Waals surface area contributed by atoms with Gasteiger partial charge >= 0.3 is 0 Å². The van der Waals surface area contributed by atoms with Gasteiger partial charge in [-0.25, -0.2) is 9.37 Å². The molecule has 3 N–H and O–H groups in total. The molecule has 5 nitrogen and oxygen atoms in total. The van der Waals surface area contributed by atoms with E-state index in [4.69, 9.17) is 11.6 Å². The third-order valence-electron chi connectivity index (χ3n) is 3.31. The standard InChI is InChI=1S/C17H14ClFN4O.ClH/c1-10-2-3-12(9-15(10)24)21-16-6-7-20-17(23-16)22-11-4-5-14(19)13(18)8-11;/h2-9,24H,1H3,(H2,20,21,22,23);1H. The summed E-state index contributed by atoms with van der Waals surface area (Å²) >= 11 is 5.75. The van der Waals surface area contributed by atoms with Crippen LogP contribution in [0.15, 0.2) is 48.7 Å². The van der Waals surface area contributed by atoms with Crippen LogP contribution in [0, 0.1) is 12.7 Å². The lowest BCUT2D eigenvalue weighted by atomic mass is 10.2. The van der Waals surface area contributed by atoms with E-state index in [0.29, 0.717) is 23.1 Å². The number of rotatable bonds is 4. The highest BCUT2D eigenvalue weighted by Crippen LogP contribution is 2.24. The number of phenolic OH excluding ortho intramolecular Hbond substituents is 1. The van der Waals surface area contributed by atoms with E-state index in [-0.39, 0.29) is 23.2 Å². The normalized spacial score (nSPS) is 10.0. The first-order valence-corrected chi connectivity index (χ1v) is 7.51. The van der Waals surface area contributed by atoms with E-state index in [1.165, 1.54) is 12.1 Å². The Morgan fingerprint density at radius 3 is 2.48 bits per heavy atom. The Labute approximate surface area is 155 Å². The molecule has 0 unspecified atom stereocenters. The van der Waals surface area contributed by atoms with Crippen molar-refractivity contribution in [2.45, 2.75) is 6.92 Å². The van der Waals surface area contributed by atoms with Crippen molar-refractivity contribution in [2.75, 3.05) is 10.6 Å². The highest BCUT2D eigenvalue weighted by atomic mass is 35.5. The maximum absolute atomic E-state index is 13.2. The first-order valence-electron chi connectivity index (χ1n) is 7.13. The summed E-state index contributed by atoms with van der Waals surface area (Å²) in [6.45, 7) is 1.82. The second-order valence-corrected chi connectivity index (χ2v) is 5.55. The molecule has 0 atom stereocenters. The zero-order valence-corrected chi connectivity index (χ0v) is 14.7. The Morgan fingerprint density at radius 2 is 1.76 bits per heavy atom. The van der Waals surface area contributed by atoms with Crippen molar-refractivity contribution in [3.63, 3.8) is 0 Å². The number of nitrogens with zero attached hydrogens (tertiary/aromatic N) is 2. The molecule has 0 saturated carbocycles. The van der Waals surface area contributed by atoms with Crippen LogP contribution in [0.25, 0.3) is 0 Å². The lowest BCUT2D eigenvalue weighted by Gasteiger charge is -2.09. The molecule has 130 valence electrons. The number of halogens is 3. The highest BCUT2D eigenvalue weighted by Gasteiger charge is 2.05. The number of nitrogens with one attached hydrogen (secondary N) is 2. The number of phenols is 1. The molecule has 0 bridgehead atoms. The minimum atomic E-state index is -0.488. The number of aromatic nitrogens is 2. The average molecular weight is 381 g/mol. The minimum Gasteiger partial charge on any atom is -0.508 e. The van der Waals surface area contributed by atoms with Gasteiger partial charge in [0.05, 0.1) is 5.02 Å². The fourth-order valence-electron chi connectivity index (χ4n) is 2.03. The molecular formula is C17H15Cl2FN4O. The Morgan fingerprint density at radius 1 is 1.04 bits per heavy atom. The molecule has 0 aliphatic carbocycles. The largest absolute Gasteiger partial charge is 0.508 e. The van der Waals surface area contributed by atoms with Gasteiger partial charge in [-0.2, -0.15) is 4.98 Å². The fraction of sp³-hybridized carbons (Fsp3) is 0.0588. The van der Waals surface area contributed by atoms with Crippen molar-refractivity contribution in [3.8, 4) is 5.75 Å². The van der Waals surface area contributed by atoms with Gasteiger partial charge in [0.15, 0.2) is 0 Å². The molecule has 0 saturated heterocycles. The summed E-state index contributed by atoms with van der Waals surface area (Å²) in [5, 5.41) is 15.8. The van der Waals surface area contributed by atoms with Crippen molar-refractivity contribution >= 4 is 47.1 Å². The molecule has 3 aromatic rings. The highest BCUT2D eigenvalue weighted by molar-refractivity contribution is 6.31. The monoisotopic (exact) mass is 380 g/mol. The summed E-state index contributed by atoms with van der Waals surface area (Å²) in [6.07, 6.45) is 1.58. The lowest BCUT2D eigenvalue weighted by Crippen LogP contribution is -2.00. The Bertz CT molecular complexity index is 824. The molecule has 25 heavy (non-hydrogen) atoms. The summed E-state index contributed by atoms with van der Waals surface area (Å²) in [4.78, 5) is 8.43. The molecule has 0 spiro atoms. The predicted molar refractivity (Wildman–Crippen MR) is 100 cm³/mol. The van der Waals surface area contributed by atoms with E-state index in [1.54, 1.807) is 30.5 Å². The molecule has 0 radical (unpaired) electrons. The third-order valence-corrected chi connectivity index (χ3v) is 3.60. The van der Waals surface area contributed by atoms with Gasteiger partial charge in [-0.3, -0.25) is 0 Å². The summed E-state index contributed by atoms with van der Waals surface area (Å²) in [5.41, 5.74) is 2.07. The molecule has 0 fully saturated rings. The van der Waals surface area contributed by atoms with Crippen molar-refractivity contribution in [2.24, 2.45) is 0 Å². The number of hydrogen-bond donors (Lipinski definition) is 3. The van der Waals surface area contributed by atoms with Gasteiger partial charge in [0.25, 0.3) is 0 Å². The van der Waals surface area contributed by atoms with Crippen molar-refractivity contribution in [1.82, 2.24) is 9.97 Å². The molecule has 0 aliphatic heterocycles. The lowest BCUT2D eigenvalue weighted by molar-refractivity contribution is 0.471. The number of hydrogen-bond acceptors (Lipinski definition) is 5. The smallest absolute Gasteiger partial charge is 0.229 e. The minimum absolute atomic E-state index is 0. The van der Waals surface area contributed by atoms with E-state index in [2.05, 4.69) is 20.6 Å². The van der Waals surface area contributed by atoms with Gasteiger partial charge in [-0.05, 0) is 42.8 Å². The molecule has 2 aromatic carbocycles. The number of anilines is 4. The van der Waals surface area contributed by atoms with Crippen LogP contribution in [0.5, 0.6) is 5.75 Å². The van der Waals surface area contributed by atoms with Crippen LogP contribution >= 0.6 is 24.0 Å². The van der Waals surface area contributed by atoms with Gasteiger partial charge < -0.3 is 15.7 Å². The first-order chi connectivity index (χ1) is 11.5. The summed E-state index contributed by atoms with van der Waals surface area (Å²) in [7, 11) is 0. The quantitative estimate of drug-likeness (QED) is 0.580. The van der Waals surface area contributed by atoms with E-state index in [0.717, 1.165) is 5.56 Å². The van der Waals surface area contributed by atoms with E-state index < -0.39 is 5.82 Å². The van der Waals surface area contributed by atoms with Crippen LogP contribution in [0.4, 0.5) is 27.5 Å². The van der Waals surface area contributed by atoms with Crippen molar-refractivity contribution in [1.29, 1.82) is 0 Å². The van der Waals surface area contributed by atoms with Gasteiger partial charge in [-0.15, -0.1) is 12.4 Å². The second-order valence-electron chi connectivity index (χ2n) is 5.15. The predicted octanol–water partition coefficient (Wildman–Crippen LogP) is 5.19. The Balaban J connectivity index is 0.00000225. The molecule has 0 aliphatic rings. The third kappa shape index (κ3) is 4.71. The van der Waals surface area contributed by atoms with E-state index in [9.17, 15) is 9.50 Å². The Hall–Kier alpha value is -2.57. The molecular weight excluding hydrogens is 366 g/mol. The maximum Gasteiger partial charge on any atom is 0.229 e. The van der Waals surface area contributed by atoms with Crippen LogP contribution in [-0.4, -0.2) is 15.1 Å². The molecule has 3 rings (SSSR count). The molecule has 8 heteroatoms. The Kier molecular flexibility index (Phi) is 6.01. The zero-order valence-electron chi connectivity index (χ0n) is 13.1.